The lowest BCUT2D eigenvalue weighted by Gasteiger charge is -2.15. The van der Waals surface area contributed by atoms with Crippen LogP contribution in [0.25, 0.3) is 10.4 Å². The highest BCUT2D eigenvalue weighted by Gasteiger charge is 2.35. The third-order valence-corrected chi connectivity index (χ3v) is 3.99. The van der Waals surface area contributed by atoms with Gasteiger partial charge in [-0.3, -0.25) is 14.3 Å². The predicted octanol–water partition coefficient (Wildman–Crippen LogP) is 1.23. The maximum absolute atomic E-state index is 12.0. The fourth-order valence-corrected chi connectivity index (χ4v) is 2.72. The van der Waals surface area contributed by atoms with Gasteiger partial charge in [-0.1, -0.05) is 24.9 Å². The molecule has 23 heavy (non-hydrogen) atoms. The van der Waals surface area contributed by atoms with E-state index in [9.17, 15) is 14.7 Å². The molecule has 9 heteroatoms. The quantitative estimate of drug-likeness (QED) is 0.338. The van der Waals surface area contributed by atoms with Crippen LogP contribution in [0.3, 0.4) is 0 Å². The minimum Gasteiger partial charge on any atom is -0.394 e. The number of aryl methyl sites for hydroxylation is 1. The van der Waals surface area contributed by atoms with Crippen LogP contribution >= 0.6 is 0 Å². The highest BCUT2D eigenvalue weighted by Crippen LogP contribution is 2.29. The Kier molecular flexibility index (Phi) is 5.97. The molecule has 1 aromatic heterocycles. The second-order valence-corrected chi connectivity index (χ2v) is 5.60. The molecule has 0 radical (unpaired) electrons. The standard InChI is InChI=1S/C14H21N5O4/c1-2-3-4-5-9-7-19(14(22)16-13(9)21)12-6-10(17-18-15)11(8-20)23-12/h7,10-12,20H,2-6,8H2,1H3,(H,16,21,22)/t10-,11+,12-/m0/s1. The minimum atomic E-state index is -0.670. The Labute approximate surface area is 132 Å². The van der Waals surface area contributed by atoms with Gasteiger partial charge >= 0.3 is 5.69 Å². The van der Waals surface area contributed by atoms with Gasteiger partial charge < -0.3 is 9.84 Å². The van der Waals surface area contributed by atoms with E-state index >= 15 is 0 Å². The van der Waals surface area contributed by atoms with E-state index in [1.54, 1.807) is 0 Å². The number of hydrogen-bond donors (Lipinski definition) is 2. The molecular weight excluding hydrogens is 302 g/mol. The van der Waals surface area contributed by atoms with Gasteiger partial charge in [0.05, 0.1) is 18.8 Å². The number of hydrogen-bond acceptors (Lipinski definition) is 5. The molecule has 1 aliphatic heterocycles. The smallest absolute Gasteiger partial charge is 0.330 e. The fraction of sp³-hybridized carbons (Fsp3) is 0.714. The largest absolute Gasteiger partial charge is 0.394 e. The minimum absolute atomic E-state index is 0.273. The second kappa shape index (κ2) is 7.96. The van der Waals surface area contributed by atoms with Gasteiger partial charge in [0.1, 0.15) is 6.23 Å². The van der Waals surface area contributed by atoms with Crippen molar-refractivity contribution in [2.24, 2.45) is 5.11 Å². The van der Waals surface area contributed by atoms with E-state index in [1.165, 1.54) is 10.8 Å². The Morgan fingerprint density at radius 2 is 2.30 bits per heavy atom. The van der Waals surface area contributed by atoms with Crippen molar-refractivity contribution in [1.82, 2.24) is 9.55 Å². The molecule has 1 aromatic rings. The van der Waals surface area contributed by atoms with Crippen molar-refractivity contribution >= 4 is 0 Å². The Morgan fingerprint density at radius 1 is 1.52 bits per heavy atom. The summed E-state index contributed by atoms with van der Waals surface area (Å²) in [6.07, 6.45) is 3.95. The van der Waals surface area contributed by atoms with E-state index in [-0.39, 0.29) is 18.6 Å². The molecule has 0 saturated carbocycles. The fourth-order valence-electron chi connectivity index (χ4n) is 2.72. The summed E-state index contributed by atoms with van der Waals surface area (Å²) in [5.41, 5.74) is 8.12. The zero-order valence-corrected chi connectivity index (χ0v) is 13.0. The molecule has 0 aliphatic carbocycles. The normalized spacial score (nSPS) is 23.7. The van der Waals surface area contributed by atoms with Crippen molar-refractivity contribution in [1.29, 1.82) is 0 Å². The Morgan fingerprint density at radius 3 is 2.96 bits per heavy atom. The third kappa shape index (κ3) is 4.01. The number of ether oxygens (including phenoxy) is 1. The van der Waals surface area contributed by atoms with Gasteiger partial charge in [0.15, 0.2) is 0 Å². The maximum atomic E-state index is 12.0. The maximum Gasteiger partial charge on any atom is 0.330 e. The molecule has 1 aliphatic rings. The molecule has 126 valence electrons. The lowest BCUT2D eigenvalue weighted by atomic mass is 10.1. The van der Waals surface area contributed by atoms with E-state index < -0.39 is 24.1 Å². The number of aliphatic hydroxyl groups excluding tert-OH is 1. The van der Waals surface area contributed by atoms with E-state index in [4.69, 9.17) is 10.3 Å². The highest BCUT2D eigenvalue weighted by molar-refractivity contribution is 5.05. The molecular formula is C14H21N5O4. The summed E-state index contributed by atoms with van der Waals surface area (Å²) >= 11 is 0. The molecule has 1 saturated heterocycles. The molecule has 2 heterocycles. The first-order valence-corrected chi connectivity index (χ1v) is 7.75. The van der Waals surface area contributed by atoms with Gasteiger partial charge in [-0.25, -0.2) is 4.79 Å². The van der Waals surface area contributed by atoms with E-state index in [2.05, 4.69) is 21.9 Å². The molecule has 9 nitrogen and oxygen atoms in total. The average molecular weight is 323 g/mol. The van der Waals surface area contributed by atoms with Crippen LogP contribution in [-0.4, -0.2) is 33.4 Å². The number of aromatic nitrogens is 2. The number of aliphatic hydroxyl groups is 1. The van der Waals surface area contributed by atoms with Crippen molar-refractivity contribution in [2.45, 2.75) is 57.4 Å². The van der Waals surface area contributed by atoms with Crippen LogP contribution in [0, 0.1) is 0 Å². The van der Waals surface area contributed by atoms with Crippen LogP contribution in [-0.2, 0) is 11.2 Å². The molecule has 0 aromatic carbocycles. The van der Waals surface area contributed by atoms with Crippen molar-refractivity contribution in [3.05, 3.63) is 43.0 Å². The van der Waals surface area contributed by atoms with E-state index in [1.807, 2.05) is 0 Å². The summed E-state index contributed by atoms with van der Waals surface area (Å²) in [5.74, 6) is 0. The summed E-state index contributed by atoms with van der Waals surface area (Å²) in [6.45, 7) is 1.77. The van der Waals surface area contributed by atoms with Crippen LogP contribution in [0.1, 0.15) is 44.4 Å². The van der Waals surface area contributed by atoms with Gasteiger partial charge in [0.25, 0.3) is 5.56 Å². The number of aromatic amines is 1. The molecule has 3 atom stereocenters. The SMILES string of the molecule is CCCCCc1cn([C@@H]2C[C@H](N=[N+]=[N-])[C@@H](CO)O2)c(=O)[nH]c1=O. The zero-order valence-electron chi connectivity index (χ0n) is 13.0. The van der Waals surface area contributed by atoms with Crippen molar-refractivity contribution < 1.29 is 9.84 Å². The van der Waals surface area contributed by atoms with Crippen LogP contribution in [0.2, 0.25) is 0 Å². The van der Waals surface area contributed by atoms with Gasteiger partial charge in [-0.05, 0) is 18.4 Å². The first kappa shape index (κ1) is 17.3. The molecule has 0 amide bonds. The molecule has 1 fully saturated rings. The molecule has 0 unspecified atom stereocenters. The number of H-pyrrole nitrogens is 1. The number of azide groups is 1. The van der Waals surface area contributed by atoms with E-state index in [0.29, 0.717) is 12.0 Å². The van der Waals surface area contributed by atoms with Crippen LogP contribution < -0.4 is 11.2 Å². The molecule has 2 N–H and O–H groups in total. The van der Waals surface area contributed by atoms with Crippen LogP contribution in [0.4, 0.5) is 0 Å². The van der Waals surface area contributed by atoms with Gasteiger partial charge in [-0.15, -0.1) is 0 Å². The monoisotopic (exact) mass is 323 g/mol. The predicted molar refractivity (Wildman–Crippen MR) is 83.1 cm³/mol. The topological polar surface area (TPSA) is 133 Å². The Bertz CT molecular complexity index is 691. The lowest BCUT2D eigenvalue weighted by molar-refractivity contribution is -0.0271. The van der Waals surface area contributed by atoms with Crippen molar-refractivity contribution in [3.8, 4) is 0 Å². The number of rotatable bonds is 7. The molecule has 2 rings (SSSR count). The van der Waals surface area contributed by atoms with Crippen LogP contribution in [0.15, 0.2) is 20.9 Å². The Hall–Kier alpha value is -2.09. The first-order chi connectivity index (χ1) is 11.1. The van der Waals surface area contributed by atoms with Crippen molar-refractivity contribution in [2.75, 3.05) is 6.61 Å². The van der Waals surface area contributed by atoms with E-state index in [0.717, 1.165) is 19.3 Å². The zero-order chi connectivity index (χ0) is 16.8. The van der Waals surface area contributed by atoms with Gasteiger partial charge in [0.2, 0.25) is 0 Å². The second-order valence-electron chi connectivity index (χ2n) is 5.60. The summed E-state index contributed by atoms with van der Waals surface area (Å²) in [5, 5.41) is 12.9. The summed E-state index contributed by atoms with van der Waals surface area (Å²) in [6, 6.07) is -0.544. The molecule has 0 bridgehead atoms. The third-order valence-electron chi connectivity index (χ3n) is 3.99. The Balaban J connectivity index is 2.25. The van der Waals surface area contributed by atoms with Crippen molar-refractivity contribution in [3.63, 3.8) is 0 Å². The van der Waals surface area contributed by atoms with Gasteiger partial charge in [0, 0.05) is 23.1 Å². The number of unbranched alkanes of at least 4 members (excludes halogenated alkanes) is 2. The van der Waals surface area contributed by atoms with Crippen LogP contribution in [0.5, 0.6) is 0 Å². The number of nitrogens with one attached hydrogen (secondary N) is 1. The molecule has 0 spiro atoms. The summed E-state index contributed by atoms with van der Waals surface area (Å²) in [7, 11) is 0. The summed E-state index contributed by atoms with van der Waals surface area (Å²) in [4.78, 5) is 28.9. The number of nitrogens with zero attached hydrogens (tertiary/aromatic N) is 4. The lowest BCUT2D eigenvalue weighted by Crippen LogP contribution is -2.34. The average Bonchev–Trinajstić information content (AvgIpc) is 2.93. The highest BCUT2D eigenvalue weighted by atomic mass is 16.5. The summed E-state index contributed by atoms with van der Waals surface area (Å²) < 4.78 is 6.89. The first-order valence-electron chi connectivity index (χ1n) is 7.75. The van der Waals surface area contributed by atoms with Gasteiger partial charge in [-0.2, -0.15) is 0 Å².